The molecule has 2 rings (SSSR count). The van der Waals surface area contributed by atoms with Crippen molar-refractivity contribution in [3.05, 3.63) is 22.7 Å². The van der Waals surface area contributed by atoms with Gasteiger partial charge in [0, 0.05) is 12.8 Å². The summed E-state index contributed by atoms with van der Waals surface area (Å²) in [4.78, 5) is 15.3. The number of aliphatic hydroxyl groups excluding tert-OH is 2. The minimum atomic E-state index is -1.24. The fourth-order valence-corrected chi connectivity index (χ4v) is 2.28. The van der Waals surface area contributed by atoms with Crippen LogP contribution in [0, 0.1) is 0 Å². The van der Waals surface area contributed by atoms with Gasteiger partial charge >= 0.3 is 5.69 Å². The number of nitrogens with zero attached hydrogens (tertiary/aromatic N) is 2. The van der Waals surface area contributed by atoms with E-state index in [-0.39, 0.29) is 5.82 Å². The highest BCUT2D eigenvalue weighted by atomic mass is 16.6. The molecule has 0 amide bonds. The van der Waals surface area contributed by atoms with Gasteiger partial charge in [-0.15, -0.1) is 0 Å². The summed E-state index contributed by atoms with van der Waals surface area (Å²) in [5, 5.41) is 20.1. The molecule has 20 heavy (non-hydrogen) atoms. The van der Waals surface area contributed by atoms with Gasteiger partial charge in [-0.3, -0.25) is 4.57 Å². The summed E-state index contributed by atoms with van der Waals surface area (Å²) in [5.41, 5.74) is 4.76. The molecule has 1 aliphatic heterocycles. The molecule has 1 fully saturated rings. The minimum absolute atomic E-state index is 0.0820. The molecular formula is C12H19N3O5. The first-order valence-electron chi connectivity index (χ1n) is 6.43. The van der Waals surface area contributed by atoms with Gasteiger partial charge in [-0.25, -0.2) is 4.79 Å². The number of aliphatic hydroxyl groups is 2. The van der Waals surface area contributed by atoms with Gasteiger partial charge in [-0.2, -0.15) is 4.98 Å². The number of nitrogens with two attached hydrogens (primary N) is 1. The zero-order valence-corrected chi connectivity index (χ0v) is 11.3. The summed E-state index contributed by atoms with van der Waals surface area (Å²) in [6.45, 7) is 4.01. The van der Waals surface area contributed by atoms with Crippen molar-refractivity contribution in [3.8, 4) is 0 Å². The molecule has 0 bridgehead atoms. The Bertz CT molecular complexity index is 520. The zero-order valence-electron chi connectivity index (χ0n) is 11.3. The highest BCUT2D eigenvalue weighted by Gasteiger charge is 2.46. The molecule has 1 saturated heterocycles. The SMILES string of the molecule is CCOC(C)[C@H]1O[C@@H](n2ccc(N)nc2=O)[C@@H](O)[C@@H]1O. The normalized spacial score (nSPS) is 31.4. The van der Waals surface area contributed by atoms with E-state index in [1.807, 2.05) is 6.92 Å². The molecule has 4 N–H and O–H groups in total. The lowest BCUT2D eigenvalue weighted by molar-refractivity contribution is -0.100. The second-order valence-electron chi connectivity index (χ2n) is 4.68. The van der Waals surface area contributed by atoms with Crippen molar-refractivity contribution >= 4 is 5.82 Å². The van der Waals surface area contributed by atoms with E-state index in [1.165, 1.54) is 12.3 Å². The molecule has 1 aromatic rings. The Labute approximate surface area is 115 Å². The molecule has 1 aromatic heterocycles. The number of anilines is 1. The lowest BCUT2D eigenvalue weighted by Gasteiger charge is -2.21. The summed E-state index contributed by atoms with van der Waals surface area (Å²) >= 11 is 0. The second kappa shape index (κ2) is 5.88. The van der Waals surface area contributed by atoms with Gasteiger partial charge in [0.1, 0.15) is 24.1 Å². The highest BCUT2D eigenvalue weighted by molar-refractivity contribution is 5.23. The maximum Gasteiger partial charge on any atom is 0.351 e. The fraction of sp³-hybridized carbons (Fsp3) is 0.667. The van der Waals surface area contributed by atoms with Crippen molar-refractivity contribution in [2.75, 3.05) is 12.3 Å². The Morgan fingerprint density at radius 1 is 1.55 bits per heavy atom. The molecular weight excluding hydrogens is 266 g/mol. The maximum atomic E-state index is 11.7. The summed E-state index contributed by atoms with van der Waals surface area (Å²) < 4.78 is 12.0. The number of aromatic nitrogens is 2. The third-order valence-corrected chi connectivity index (χ3v) is 3.29. The van der Waals surface area contributed by atoms with Gasteiger partial charge in [-0.1, -0.05) is 0 Å². The standard InChI is InChI=1S/C12H19N3O5/c1-3-19-6(2)10-8(16)9(17)11(20-10)15-5-4-7(13)14-12(15)18/h4-6,8-11,16-17H,3H2,1-2H3,(H2,13,14,18)/t6?,8-,9-,10+,11+/m0/s1. The Hall–Kier alpha value is -1.48. The molecule has 8 nitrogen and oxygen atoms in total. The Morgan fingerprint density at radius 3 is 2.85 bits per heavy atom. The third-order valence-electron chi connectivity index (χ3n) is 3.29. The number of hydrogen-bond acceptors (Lipinski definition) is 7. The maximum absolute atomic E-state index is 11.7. The third kappa shape index (κ3) is 2.68. The van der Waals surface area contributed by atoms with Gasteiger partial charge in [0.05, 0.1) is 6.10 Å². The highest BCUT2D eigenvalue weighted by Crippen LogP contribution is 2.30. The van der Waals surface area contributed by atoms with E-state index in [1.54, 1.807) is 6.92 Å². The van der Waals surface area contributed by atoms with Gasteiger partial charge in [0.2, 0.25) is 0 Å². The van der Waals surface area contributed by atoms with Crippen molar-refractivity contribution in [2.45, 2.75) is 44.5 Å². The van der Waals surface area contributed by atoms with Crippen LogP contribution in [0.1, 0.15) is 20.1 Å². The van der Waals surface area contributed by atoms with E-state index in [0.29, 0.717) is 6.61 Å². The molecule has 0 radical (unpaired) electrons. The van der Waals surface area contributed by atoms with E-state index in [2.05, 4.69) is 4.98 Å². The summed E-state index contributed by atoms with van der Waals surface area (Å²) in [6, 6.07) is 1.42. The molecule has 112 valence electrons. The van der Waals surface area contributed by atoms with Crippen LogP contribution in [-0.2, 0) is 9.47 Å². The van der Waals surface area contributed by atoms with Crippen molar-refractivity contribution in [3.63, 3.8) is 0 Å². The summed E-state index contributed by atoms with van der Waals surface area (Å²) in [6.07, 6.45) is -3.17. The molecule has 5 atom stereocenters. The van der Waals surface area contributed by atoms with Crippen LogP contribution in [-0.4, -0.2) is 50.8 Å². The molecule has 0 saturated carbocycles. The molecule has 2 heterocycles. The number of hydrogen-bond donors (Lipinski definition) is 3. The van der Waals surface area contributed by atoms with E-state index >= 15 is 0 Å². The van der Waals surface area contributed by atoms with Crippen molar-refractivity contribution in [1.29, 1.82) is 0 Å². The van der Waals surface area contributed by atoms with Crippen LogP contribution >= 0.6 is 0 Å². The van der Waals surface area contributed by atoms with E-state index in [0.717, 1.165) is 4.57 Å². The predicted molar refractivity (Wildman–Crippen MR) is 69.9 cm³/mol. The fourth-order valence-electron chi connectivity index (χ4n) is 2.28. The first-order valence-corrected chi connectivity index (χ1v) is 6.43. The number of ether oxygens (including phenoxy) is 2. The molecule has 1 unspecified atom stereocenters. The molecule has 8 heteroatoms. The molecule has 0 spiro atoms. The van der Waals surface area contributed by atoms with Crippen LogP contribution < -0.4 is 11.4 Å². The van der Waals surface area contributed by atoms with Crippen molar-refractivity contribution < 1.29 is 19.7 Å². The van der Waals surface area contributed by atoms with Gasteiger partial charge in [0.25, 0.3) is 0 Å². The zero-order chi connectivity index (χ0) is 14.9. The number of nitrogen functional groups attached to an aromatic ring is 1. The Morgan fingerprint density at radius 2 is 2.25 bits per heavy atom. The van der Waals surface area contributed by atoms with Crippen molar-refractivity contribution in [1.82, 2.24) is 9.55 Å². The monoisotopic (exact) mass is 285 g/mol. The lowest BCUT2D eigenvalue weighted by atomic mass is 10.1. The molecule has 0 aromatic carbocycles. The first kappa shape index (κ1) is 14.9. The van der Waals surface area contributed by atoms with Crippen LogP contribution in [0.25, 0.3) is 0 Å². The van der Waals surface area contributed by atoms with E-state index < -0.39 is 36.3 Å². The topological polar surface area (TPSA) is 120 Å². The van der Waals surface area contributed by atoms with Crippen LogP contribution in [0.3, 0.4) is 0 Å². The van der Waals surface area contributed by atoms with Crippen LogP contribution in [0.4, 0.5) is 5.82 Å². The second-order valence-corrected chi connectivity index (χ2v) is 4.68. The van der Waals surface area contributed by atoms with Crippen LogP contribution in [0.15, 0.2) is 17.1 Å². The van der Waals surface area contributed by atoms with Crippen LogP contribution in [0.5, 0.6) is 0 Å². The number of rotatable bonds is 4. The predicted octanol–water partition coefficient (Wildman–Crippen LogP) is -1.13. The quantitative estimate of drug-likeness (QED) is 0.640. The van der Waals surface area contributed by atoms with E-state index in [4.69, 9.17) is 15.2 Å². The summed E-state index contributed by atoms with van der Waals surface area (Å²) in [5.74, 6) is 0.0820. The average molecular weight is 285 g/mol. The van der Waals surface area contributed by atoms with Gasteiger partial charge in [0.15, 0.2) is 6.23 Å². The van der Waals surface area contributed by atoms with Gasteiger partial charge in [-0.05, 0) is 19.9 Å². The average Bonchev–Trinajstić information content (AvgIpc) is 2.67. The lowest BCUT2D eigenvalue weighted by Crippen LogP contribution is -2.39. The first-order chi connectivity index (χ1) is 9.45. The van der Waals surface area contributed by atoms with Crippen molar-refractivity contribution in [2.24, 2.45) is 0 Å². The molecule has 0 aliphatic carbocycles. The summed E-state index contributed by atoms with van der Waals surface area (Å²) in [7, 11) is 0. The van der Waals surface area contributed by atoms with E-state index in [9.17, 15) is 15.0 Å². The van der Waals surface area contributed by atoms with Crippen LogP contribution in [0.2, 0.25) is 0 Å². The largest absolute Gasteiger partial charge is 0.387 e. The minimum Gasteiger partial charge on any atom is -0.387 e. The van der Waals surface area contributed by atoms with Gasteiger partial charge < -0.3 is 25.4 Å². The Kier molecular flexibility index (Phi) is 4.39. The smallest absolute Gasteiger partial charge is 0.351 e. The Balaban J connectivity index is 2.24. The molecule has 1 aliphatic rings.